The smallest absolute Gasteiger partial charge is 1.00 e. The second-order valence-corrected chi connectivity index (χ2v) is 2.61. The molecule has 80 valence electrons. The van der Waals surface area contributed by atoms with Gasteiger partial charge in [0.05, 0.1) is 5.92 Å². The number of carboxylic acids is 1. The normalized spacial score (nSPS) is 7.92. The van der Waals surface area contributed by atoms with Crippen LogP contribution in [0, 0.1) is 5.92 Å². The fraction of sp³-hybridized carbons (Fsp3) is 0.875. The average Bonchev–Trinajstić information content (AvgIpc) is 1.87. The van der Waals surface area contributed by atoms with Gasteiger partial charge in [0.2, 0.25) is 0 Å². The molecule has 0 aromatic heterocycles. The Kier molecular flexibility index (Phi) is 27.3. The predicted octanol–water partition coefficient (Wildman–Crippen LogP) is 0.482. The van der Waals surface area contributed by atoms with Gasteiger partial charge in [0.25, 0.3) is 0 Å². The van der Waals surface area contributed by atoms with E-state index >= 15 is 0 Å². The van der Waals surface area contributed by atoms with E-state index in [9.17, 15) is 4.79 Å². The average molecular weight is 222 g/mol. The fourth-order valence-corrected chi connectivity index (χ4v) is 1.09. The second kappa shape index (κ2) is 15.1. The van der Waals surface area contributed by atoms with Crippen LogP contribution in [0.25, 0.3) is 0 Å². The molecule has 0 spiro atoms. The van der Waals surface area contributed by atoms with E-state index in [1.807, 2.05) is 13.8 Å². The molecule has 0 bridgehead atoms. The van der Waals surface area contributed by atoms with E-state index in [1.54, 1.807) is 0 Å². The predicted molar refractivity (Wildman–Crippen MR) is 56.1 cm³/mol. The van der Waals surface area contributed by atoms with Crippen LogP contribution in [-0.2, 0) is 4.79 Å². The molecule has 13 heavy (non-hydrogen) atoms. The maximum Gasteiger partial charge on any atom is 2.00 e. The number of hydrogen-bond donors (Lipinski definition) is 1. The zero-order chi connectivity index (χ0) is 7.98. The molecule has 5 heteroatoms. The molecule has 0 saturated heterocycles. The summed E-state index contributed by atoms with van der Waals surface area (Å²) in [6.07, 6.45) is 3.58. The van der Waals surface area contributed by atoms with Gasteiger partial charge in [-0.15, -0.1) is 0 Å². The van der Waals surface area contributed by atoms with Gasteiger partial charge < -0.3 is 18.9 Å². The van der Waals surface area contributed by atoms with Crippen LogP contribution in [0.2, 0.25) is 0 Å². The van der Waals surface area contributed by atoms with E-state index in [2.05, 4.69) is 0 Å². The molecule has 0 aliphatic carbocycles. The maximum absolute atomic E-state index is 10.5. The van der Waals surface area contributed by atoms with Crippen LogP contribution in [0.5, 0.6) is 0 Å². The molecule has 0 saturated carbocycles. The Morgan fingerprint density at radius 2 is 1.54 bits per heavy atom. The standard InChI is InChI=1S/C8H16O2.Ca.2H2O.2H/c1-3-5-7(6-4-2)8(9)10;;;;;/h7H,3-6H2,1-2H3,(H,9,10);;2*1H2;;/q;+2;;;2*-1. The molecule has 0 aliphatic rings. The molecule has 0 atom stereocenters. The van der Waals surface area contributed by atoms with Crippen molar-refractivity contribution in [1.29, 1.82) is 0 Å². The number of rotatable bonds is 5. The topological polar surface area (TPSA) is 100 Å². The quantitative estimate of drug-likeness (QED) is 0.684. The molecule has 0 aromatic carbocycles. The van der Waals surface area contributed by atoms with Gasteiger partial charge in [-0.1, -0.05) is 26.7 Å². The first-order valence-corrected chi connectivity index (χ1v) is 3.95. The molecule has 5 N–H and O–H groups in total. The SMILES string of the molecule is CCCC(CCC)C(=O)O.O.O.[Ca+2].[H-].[H-]. The summed E-state index contributed by atoms with van der Waals surface area (Å²) in [5.74, 6) is -0.737. The number of carbonyl (C=O) groups is 1. The van der Waals surface area contributed by atoms with Gasteiger partial charge in [0.1, 0.15) is 0 Å². The largest absolute Gasteiger partial charge is 2.00 e. The Balaban J connectivity index is -0.0000000405. The zero-order valence-corrected chi connectivity index (χ0v) is 10.7. The van der Waals surface area contributed by atoms with Crippen LogP contribution in [0.4, 0.5) is 0 Å². The first kappa shape index (κ1) is 23.5. The number of aliphatic carboxylic acids is 1. The maximum atomic E-state index is 10.5. The van der Waals surface area contributed by atoms with Gasteiger partial charge in [-0.05, 0) is 12.8 Å². The first-order valence-electron chi connectivity index (χ1n) is 3.95. The summed E-state index contributed by atoms with van der Waals surface area (Å²) in [7, 11) is 0. The van der Waals surface area contributed by atoms with Crippen LogP contribution in [-0.4, -0.2) is 59.8 Å². The first-order chi connectivity index (χ1) is 4.72. The van der Waals surface area contributed by atoms with Gasteiger partial charge in [0.15, 0.2) is 0 Å². The van der Waals surface area contributed by atoms with Crippen LogP contribution in [0.1, 0.15) is 42.4 Å². The van der Waals surface area contributed by atoms with E-state index in [0.29, 0.717) is 0 Å². The van der Waals surface area contributed by atoms with Crippen LogP contribution in [0.3, 0.4) is 0 Å². The van der Waals surface area contributed by atoms with Gasteiger partial charge >= 0.3 is 43.7 Å². The number of carboxylic acid groups (broad SMARTS) is 1. The summed E-state index contributed by atoms with van der Waals surface area (Å²) >= 11 is 0. The van der Waals surface area contributed by atoms with Crippen molar-refractivity contribution in [3.05, 3.63) is 0 Å². The van der Waals surface area contributed by atoms with Gasteiger partial charge in [-0.3, -0.25) is 4.79 Å². The molecule has 0 heterocycles. The fourth-order valence-electron chi connectivity index (χ4n) is 1.09. The molecule has 0 rings (SSSR count). The van der Waals surface area contributed by atoms with Crippen molar-refractivity contribution in [3.63, 3.8) is 0 Å². The van der Waals surface area contributed by atoms with Crippen LogP contribution < -0.4 is 0 Å². The second-order valence-electron chi connectivity index (χ2n) is 2.61. The molecule has 0 fully saturated rings. The van der Waals surface area contributed by atoms with E-state index in [-0.39, 0.29) is 57.5 Å². The van der Waals surface area contributed by atoms with Crippen molar-refractivity contribution in [1.82, 2.24) is 0 Å². The third kappa shape index (κ3) is 12.6. The molecular formula is C8H22CaO4. The monoisotopic (exact) mass is 222 g/mol. The summed E-state index contributed by atoms with van der Waals surface area (Å²) in [5, 5.41) is 8.64. The van der Waals surface area contributed by atoms with E-state index < -0.39 is 5.97 Å². The van der Waals surface area contributed by atoms with E-state index in [0.717, 1.165) is 25.7 Å². The van der Waals surface area contributed by atoms with E-state index in [4.69, 9.17) is 5.11 Å². The number of hydrogen-bond acceptors (Lipinski definition) is 1. The summed E-state index contributed by atoms with van der Waals surface area (Å²) in [6.45, 7) is 4.04. The molecule has 0 amide bonds. The Morgan fingerprint density at radius 1 is 1.23 bits per heavy atom. The van der Waals surface area contributed by atoms with Gasteiger partial charge in [-0.2, -0.15) is 0 Å². The third-order valence-electron chi connectivity index (χ3n) is 1.62. The molecule has 4 nitrogen and oxygen atoms in total. The van der Waals surface area contributed by atoms with Crippen LogP contribution >= 0.6 is 0 Å². The third-order valence-corrected chi connectivity index (χ3v) is 1.62. The van der Waals surface area contributed by atoms with Crippen molar-refractivity contribution in [2.75, 3.05) is 0 Å². The van der Waals surface area contributed by atoms with Crippen molar-refractivity contribution >= 4 is 43.7 Å². The Labute approximate surface area is 112 Å². The van der Waals surface area contributed by atoms with Gasteiger partial charge in [-0.25, -0.2) is 0 Å². The minimum atomic E-state index is -0.635. The summed E-state index contributed by atoms with van der Waals surface area (Å²) in [4.78, 5) is 10.5. The molecule has 0 aromatic rings. The van der Waals surface area contributed by atoms with Crippen molar-refractivity contribution in [2.24, 2.45) is 5.92 Å². The molecule has 0 unspecified atom stereocenters. The zero-order valence-electron chi connectivity index (χ0n) is 10.5. The molecule has 0 radical (unpaired) electrons. The van der Waals surface area contributed by atoms with Crippen molar-refractivity contribution in [3.8, 4) is 0 Å². The molecule has 0 aliphatic heterocycles. The Bertz CT molecular complexity index is 111. The summed E-state index contributed by atoms with van der Waals surface area (Å²) < 4.78 is 0. The Hall–Kier alpha value is 0.650. The molecular weight excluding hydrogens is 200 g/mol. The summed E-state index contributed by atoms with van der Waals surface area (Å²) in [5.41, 5.74) is 0. The van der Waals surface area contributed by atoms with Crippen LogP contribution in [0.15, 0.2) is 0 Å². The summed E-state index contributed by atoms with van der Waals surface area (Å²) in [6, 6.07) is 0. The minimum absolute atomic E-state index is 0. The van der Waals surface area contributed by atoms with E-state index in [1.165, 1.54) is 0 Å². The minimum Gasteiger partial charge on any atom is -1.00 e. The van der Waals surface area contributed by atoms with Crippen molar-refractivity contribution < 1.29 is 23.7 Å². The van der Waals surface area contributed by atoms with Crippen molar-refractivity contribution in [2.45, 2.75) is 39.5 Å². The Morgan fingerprint density at radius 3 is 1.69 bits per heavy atom. The van der Waals surface area contributed by atoms with Gasteiger partial charge in [0, 0.05) is 0 Å².